The van der Waals surface area contributed by atoms with Gasteiger partial charge in [0.2, 0.25) is 21.8 Å². The summed E-state index contributed by atoms with van der Waals surface area (Å²) in [6.45, 7) is 5.28. The standard InChI is InChI=1S/C30H36FN3O4S/c1-5-23(3)32-30(36)28(18-24-12-7-6-8-13-24)33(20-25-14-9-11-22(2)17-25)29(35)21-34(39(4,37)38)27-16-10-15-26(31)19-27/h6-17,19,23,28H,5,18,20-21H2,1-4H3,(H,32,36)/t23-,28-/m0/s1. The van der Waals surface area contributed by atoms with Crippen LogP contribution < -0.4 is 9.62 Å². The van der Waals surface area contributed by atoms with Gasteiger partial charge in [-0.1, -0.05) is 73.2 Å². The third-order valence-corrected chi connectivity index (χ3v) is 7.62. The minimum absolute atomic E-state index is 0.0324. The molecule has 0 aromatic heterocycles. The Labute approximate surface area is 230 Å². The Morgan fingerprint density at radius 1 is 0.949 bits per heavy atom. The molecule has 9 heteroatoms. The Hall–Kier alpha value is -3.72. The molecule has 1 N–H and O–H groups in total. The van der Waals surface area contributed by atoms with E-state index in [1.807, 2.05) is 75.4 Å². The molecule has 0 saturated heterocycles. The molecular formula is C30H36FN3O4S. The van der Waals surface area contributed by atoms with Crippen LogP contribution in [0.5, 0.6) is 0 Å². The van der Waals surface area contributed by atoms with Crippen LogP contribution in [0.4, 0.5) is 10.1 Å². The Morgan fingerprint density at radius 3 is 2.23 bits per heavy atom. The van der Waals surface area contributed by atoms with Gasteiger partial charge in [-0.3, -0.25) is 13.9 Å². The highest BCUT2D eigenvalue weighted by atomic mass is 32.2. The maximum absolute atomic E-state index is 14.0. The van der Waals surface area contributed by atoms with Crippen LogP contribution in [0.15, 0.2) is 78.9 Å². The van der Waals surface area contributed by atoms with Crippen molar-refractivity contribution < 1.29 is 22.4 Å². The first kappa shape index (κ1) is 29.8. The molecule has 39 heavy (non-hydrogen) atoms. The first-order valence-corrected chi connectivity index (χ1v) is 14.7. The maximum atomic E-state index is 14.0. The van der Waals surface area contributed by atoms with E-state index in [9.17, 15) is 22.4 Å². The van der Waals surface area contributed by atoms with Gasteiger partial charge in [0.1, 0.15) is 18.4 Å². The summed E-state index contributed by atoms with van der Waals surface area (Å²) in [4.78, 5) is 29.0. The first-order chi connectivity index (χ1) is 18.5. The number of hydrogen-bond acceptors (Lipinski definition) is 4. The lowest BCUT2D eigenvalue weighted by atomic mass is 10.0. The zero-order valence-electron chi connectivity index (χ0n) is 22.8. The number of rotatable bonds is 12. The van der Waals surface area contributed by atoms with Crippen LogP contribution in [0.2, 0.25) is 0 Å². The molecule has 0 spiro atoms. The number of hydrogen-bond donors (Lipinski definition) is 1. The summed E-state index contributed by atoms with van der Waals surface area (Å²) in [5.74, 6) is -1.53. The van der Waals surface area contributed by atoms with E-state index in [1.54, 1.807) is 0 Å². The van der Waals surface area contributed by atoms with Crippen molar-refractivity contribution in [3.05, 3.63) is 101 Å². The van der Waals surface area contributed by atoms with Crippen molar-refractivity contribution in [3.63, 3.8) is 0 Å². The van der Waals surface area contributed by atoms with Crippen molar-refractivity contribution in [2.24, 2.45) is 0 Å². The fourth-order valence-electron chi connectivity index (χ4n) is 4.25. The number of sulfonamides is 1. The normalized spacial score (nSPS) is 12.8. The van der Waals surface area contributed by atoms with Gasteiger partial charge in [-0.15, -0.1) is 0 Å². The summed E-state index contributed by atoms with van der Waals surface area (Å²) in [6, 6.07) is 21.0. The zero-order valence-corrected chi connectivity index (χ0v) is 23.6. The van der Waals surface area contributed by atoms with Crippen molar-refractivity contribution in [3.8, 4) is 0 Å². The molecule has 0 heterocycles. The van der Waals surface area contributed by atoms with Gasteiger partial charge in [0, 0.05) is 19.0 Å². The van der Waals surface area contributed by atoms with Crippen molar-refractivity contribution in [2.75, 3.05) is 17.1 Å². The SMILES string of the molecule is CC[C@H](C)NC(=O)[C@H](Cc1ccccc1)N(Cc1cccc(C)c1)C(=O)CN(c1cccc(F)c1)S(C)(=O)=O. The van der Waals surface area contributed by atoms with Crippen molar-refractivity contribution in [2.45, 2.75) is 52.2 Å². The molecule has 3 rings (SSSR count). The van der Waals surface area contributed by atoms with Crippen molar-refractivity contribution in [1.82, 2.24) is 10.2 Å². The fraction of sp³-hybridized carbons (Fsp3) is 0.333. The van der Waals surface area contributed by atoms with Crippen LogP contribution in [-0.4, -0.2) is 50.0 Å². The molecule has 0 unspecified atom stereocenters. The molecule has 0 saturated carbocycles. The molecule has 2 atom stereocenters. The van der Waals surface area contributed by atoms with Gasteiger partial charge in [0.25, 0.3) is 0 Å². The number of nitrogens with one attached hydrogen (secondary N) is 1. The molecule has 0 aliphatic heterocycles. The molecule has 0 fully saturated rings. The van der Waals surface area contributed by atoms with Crippen LogP contribution >= 0.6 is 0 Å². The highest BCUT2D eigenvalue weighted by Crippen LogP contribution is 2.21. The van der Waals surface area contributed by atoms with E-state index in [2.05, 4.69) is 5.32 Å². The van der Waals surface area contributed by atoms with Crippen LogP contribution in [-0.2, 0) is 32.6 Å². The number of carbonyl (C=O) groups excluding carboxylic acids is 2. The van der Waals surface area contributed by atoms with E-state index in [0.717, 1.165) is 33.3 Å². The third-order valence-electron chi connectivity index (χ3n) is 6.48. The number of anilines is 1. The van der Waals surface area contributed by atoms with Gasteiger partial charge in [-0.05, 0) is 49.6 Å². The predicted octanol–water partition coefficient (Wildman–Crippen LogP) is 4.45. The van der Waals surface area contributed by atoms with Gasteiger partial charge < -0.3 is 10.2 Å². The number of aryl methyl sites for hydroxylation is 1. The minimum atomic E-state index is -3.95. The highest BCUT2D eigenvalue weighted by molar-refractivity contribution is 7.92. The summed E-state index contributed by atoms with van der Waals surface area (Å²) < 4.78 is 40.3. The lowest BCUT2D eigenvalue weighted by Crippen LogP contribution is -2.54. The largest absolute Gasteiger partial charge is 0.352 e. The lowest BCUT2D eigenvalue weighted by molar-refractivity contribution is -0.140. The fourth-order valence-corrected chi connectivity index (χ4v) is 5.09. The second-order valence-corrected chi connectivity index (χ2v) is 11.7. The van der Waals surface area contributed by atoms with Crippen LogP contribution in [0.25, 0.3) is 0 Å². The molecule has 0 aliphatic carbocycles. The molecule has 2 amide bonds. The second kappa shape index (κ2) is 13.4. The molecule has 7 nitrogen and oxygen atoms in total. The van der Waals surface area contributed by atoms with Gasteiger partial charge >= 0.3 is 0 Å². The number of amides is 2. The summed E-state index contributed by atoms with van der Waals surface area (Å²) >= 11 is 0. The smallest absolute Gasteiger partial charge is 0.244 e. The molecule has 3 aromatic carbocycles. The lowest BCUT2D eigenvalue weighted by Gasteiger charge is -2.34. The van der Waals surface area contributed by atoms with E-state index in [1.165, 1.54) is 23.1 Å². The Kier molecular flexibility index (Phi) is 10.2. The van der Waals surface area contributed by atoms with Crippen molar-refractivity contribution in [1.29, 1.82) is 0 Å². The summed E-state index contributed by atoms with van der Waals surface area (Å²) in [7, 11) is -3.95. The van der Waals surface area contributed by atoms with Crippen LogP contribution in [0.1, 0.15) is 37.0 Å². The number of benzene rings is 3. The highest BCUT2D eigenvalue weighted by Gasteiger charge is 2.33. The molecular weight excluding hydrogens is 517 g/mol. The predicted molar refractivity (Wildman–Crippen MR) is 152 cm³/mol. The molecule has 3 aromatic rings. The quantitative estimate of drug-likeness (QED) is 0.359. The second-order valence-electron chi connectivity index (χ2n) is 9.78. The molecule has 0 bridgehead atoms. The third kappa shape index (κ3) is 8.64. The number of carbonyl (C=O) groups is 2. The average Bonchev–Trinajstić information content (AvgIpc) is 2.89. The van der Waals surface area contributed by atoms with Gasteiger partial charge in [0.15, 0.2) is 0 Å². The minimum Gasteiger partial charge on any atom is -0.352 e. The summed E-state index contributed by atoms with van der Waals surface area (Å²) in [5.41, 5.74) is 2.68. The van der Waals surface area contributed by atoms with Gasteiger partial charge in [0.05, 0.1) is 11.9 Å². The van der Waals surface area contributed by atoms with Gasteiger partial charge in [-0.25, -0.2) is 12.8 Å². The Morgan fingerprint density at radius 2 is 1.62 bits per heavy atom. The zero-order chi connectivity index (χ0) is 28.6. The number of halogens is 1. The summed E-state index contributed by atoms with van der Waals surface area (Å²) in [6.07, 6.45) is 1.91. The summed E-state index contributed by atoms with van der Waals surface area (Å²) in [5, 5.41) is 2.99. The molecule has 208 valence electrons. The Bertz CT molecular complexity index is 1380. The number of nitrogens with zero attached hydrogens (tertiary/aromatic N) is 2. The van der Waals surface area contributed by atoms with E-state index in [0.29, 0.717) is 6.42 Å². The van der Waals surface area contributed by atoms with Gasteiger partial charge in [-0.2, -0.15) is 0 Å². The maximum Gasteiger partial charge on any atom is 0.244 e. The first-order valence-electron chi connectivity index (χ1n) is 12.9. The topological polar surface area (TPSA) is 86.8 Å². The Balaban J connectivity index is 2.06. The van der Waals surface area contributed by atoms with Crippen LogP contribution in [0, 0.1) is 12.7 Å². The monoisotopic (exact) mass is 553 g/mol. The van der Waals surface area contributed by atoms with E-state index in [-0.39, 0.29) is 30.6 Å². The van der Waals surface area contributed by atoms with E-state index < -0.39 is 34.3 Å². The average molecular weight is 554 g/mol. The molecule has 0 aliphatic rings. The van der Waals surface area contributed by atoms with Crippen LogP contribution in [0.3, 0.4) is 0 Å². The van der Waals surface area contributed by atoms with E-state index >= 15 is 0 Å². The van der Waals surface area contributed by atoms with Crippen molar-refractivity contribution >= 4 is 27.5 Å². The molecule has 0 radical (unpaired) electrons. The van der Waals surface area contributed by atoms with E-state index in [4.69, 9.17) is 0 Å².